The molecule has 2 N–H and O–H groups in total. The highest BCUT2D eigenvalue weighted by Crippen LogP contribution is 2.20. The topological polar surface area (TPSA) is 74.7 Å². The van der Waals surface area contributed by atoms with Crippen LogP contribution in [0.3, 0.4) is 0 Å². The molecule has 0 radical (unpaired) electrons. The van der Waals surface area contributed by atoms with Crippen molar-refractivity contribution in [3.8, 4) is 0 Å². The van der Waals surface area contributed by atoms with E-state index >= 15 is 0 Å². The van der Waals surface area contributed by atoms with Gasteiger partial charge in [-0.3, -0.25) is 4.90 Å². The highest BCUT2D eigenvalue weighted by Gasteiger charge is 2.10. The number of rotatable bonds is 6. The van der Waals surface area contributed by atoms with E-state index in [2.05, 4.69) is 15.2 Å². The first-order valence-corrected chi connectivity index (χ1v) is 6.97. The van der Waals surface area contributed by atoms with Gasteiger partial charge in [-0.1, -0.05) is 11.6 Å². The number of pyridine rings is 1. The SMILES string of the molecule is O=C(O)c1cnc(NCCCN2CCOCC2)c(Cl)c1. The van der Waals surface area contributed by atoms with Gasteiger partial charge in [-0.25, -0.2) is 9.78 Å². The Kier molecular flexibility index (Phi) is 5.58. The van der Waals surface area contributed by atoms with E-state index in [1.165, 1.54) is 12.3 Å². The van der Waals surface area contributed by atoms with Crippen LogP contribution in [0.5, 0.6) is 0 Å². The van der Waals surface area contributed by atoms with E-state index in [1.807, 2.05) is 0 Å². The second-order valence-corrected chi connectivity index (χ2v) is 5.00. The summed E-state index contributed by atoms with van der Waals surface area (Å²) in [5.74, 6) is -0.503. The molecule has 6 nitrogen and oxygen atoms in total. The number of aromatic carboxylic acids is 1. The lowest BCUT2D eigenvalue weighted by Crippen LogP contribution is -2.37. The molecule has 0 aliphatic carbocycles. The molecule has 0 spiro atoms. The molecule has 7 heteroatoms. The van der Waals surface area contributed by atoms with E-state index in [0.717, 1.165) is 45.8 Å². The molecule has 0 bridgehead atoms. The van der Waals surface area contributed by atoms with E-state index in [1.54, 1.807) is 0 Å². The number of nitrogens with zero attached hydrogens (tertiary/aromatic N) is 2. The second-order valence-electron chi connectivity index (χ2n) is 4.59. The van der Waals surface area contributed by atoms with E-state index in [9.17, 15) is 4.79 Å². The average molecular weight is 300 g/mol. The third kappa shape index (κ3) is 4.33. The van der Waals surface area contributed by atoms with Gasteiger partial charge in [-0.2, -0.15) is 0 Å². The van der Waals surface area contributed by atoms with Crippen LogP contribution < -0.4 is 5.32 Å². The first kappa shape index (κ1) is 15.0. The third-order valence-corrected chi connectivity index (χ3v) is 3.42. The number of anilines is 1. The Morgan fingerprint density at radius 1 is 1.50 bits per heavy atom. The van der Waals surface area contributed by atoms with Gasteiger partial charge in [0.2, 0.25) is 0 Å². The van der Waals surface area contributed by atoms with Crippen molar-refractivity contribution in [1.82, 2.24) is 9.88 Å². The summed E-state index contributed by atoms with van der Waals surface area (Å²) >= 11 is 5.99. The van der Waals surface area contributed by atoms with Crippen LogP contribution in [0, 0.1) is 0 Å². The minimum atomic E-state index is -1.03. The third-order valence-electron chi connectivity index (χ3n) is 3.14. The molecule has 110 valence electrons. The number of nitrogens with one attached hydrogen (secondary N) is 1. The summed E-state index contributed by atoms with van der Waals surface area (Å²) in [6.07, 6.45) is 2.28. The Balaban J connectivity index is 1.74. The minimum absolute atomic E-state index is 0.0915. The summed E-state index contributed by atoms with van der Waals surface area (Å²) in [7, 11) is 0. The molecule has 20 heavy (non-hydrogen) atoms. The van der Waals surface area contributed by atoms with Crippen molar-refractivity contribution in [3.05, 3.63) is 22.8 Å². The van der Waals surface area contributed by atoms with Crippen molar-refractivity contribution in [2.45, 2.75) is 6.42 Å². The fourth-order valence-electron chi connectivity index (χ4n) is 2.02. The molecule has 1 aromatic rings. The van der Waals surface area contributed by atoms with Gasteiger partial charge >= 0.3 is 5.97 Å². The van der Waals surface area contributed by atoms with E-state index in [4.69, 9.17) is 21.4 Å². The standard InChI is InChI=1S/C13H18ClN3O3/c14-11-8-10(13(18)19)9-16-12(11)15-2-1-3-17-4-6-20-7-5-17/h8-9H,1-7H2,(H,15,16)(H,18,19). The summed E-state index contributed by atoms with van der Waals surface area (Å²) in [5.41, 5.74) is 0.0915. The predicted octanol–water partition coefficient (Wildman–Crippen LogP) is 1.57. The molecule has 1 aliphatic heterocycles. The van der Waals surface area contributed by atoms with E-state index in [-0.39, 0.29) is 5.56 Å². The highest BCUT2D eigenvalue weighted by molar-refractivity contribution is 6.33. The number of hydrogen-bond donors (Lipinski definition) is 2. The maximum atomic E-state index is 10.8. The van der Waals surface area contributed by atoms with Gasteiger partial charge in [-0.15, -0.1) is 0 Å². The van der Waals surface area contributed by atoms with Crippen LogP contribution in [0.1, 0.15) is 16.8 Å². The van der Waals surface area contributed by atoms with Crippen molar-refractivity contribution >= 4 is 23.4 Å². The van der Waals surface area contributed by atoms with Crippen molar-refractivity contribution in [2.24, 2.45) is 0 Å². The van der Waals surface area contributed by atoms with Crippen LogP contribution in [-0.2, 0) is 4.74 Å². The number of carboxylic acid groups (broad SMARTS) is 1. The molecule has 2 heterocycles. The Hall–Kier alpha value is -1.37. The number of ether oxygens (including phenoxy) is 1. The monoisotopic (exact) mass is 299 g/mol. The molecule has 1 fully saturated rings. The zero-order chi connectivity index (χ0) is 14.4. The Bertz CT molecular complexity index is 464. The smallest absolute Gasteiger partial charge is 0.337 e. The molecule has 2 rings (SSSR count). The molecular formula is C13H18ClN3O3. The summed E-state index contributed by atoms with van der Waals surface area (Å²) in [6.45, 7) is 5.31. The fraction of sp³-hybridized carbons (Fsp3) is 0.538. The maximum Gasteiger partial charge on any atom is 0.337 e. The largest absolute Gasteiger partial charge is 0.478 e. The van der Waals surface area contributed by atoms with Crippen molar-refractivity contribution in [3.63, 3.8) is 0 Å². The lowest BCUT2D eigenvalue weighted by molar-refractivity contribution is 0.0378. The van der Waals surface area contributed by atoms with Crippen LogP contribution >= 0.6 is 11.6 Å². The fourth-order valence-corrected chi connectivity index (χ4v) is 2.25. The van der Waals surface area contributed by atoms with Crippen molar-refractivity contribution < 1.29 is 14.6 Å². The summed E-state index contributed by atoms with van der Waals surface area (Å²) in [4.78, 5) is 17.1. The lowest BCUT2D eigenvalue weighted by atomic mass is 10.3. The quantitative estimate of drug-likeness (QED) is 0.777. The van der Waals surface area contributed by atoms with E-state index < -0.39 is 5.97 Å². The number of hydrogen-bond acceptors (Lipinski definition) is 5. The number of aromatic nitrogens is 1. The lowest BCUT2D eigenvalue weighted by Gasteiger charge is -2.26. The Morgan fingerprint density at radius 3 is 2.90 bits per heavy atom. The molecule has 1 aliphatic rings. The number of carboxylic acids is 1. The Morgan fingerprint density at radius 2 is 2.25 bits per heavy atom. The summed E-state index contributed by atoms with van der Waals surface area (Å²) in [5, 5.41) is 12.3. The van der Waals surface area contributed by atoms with Crippen LogP contribution in [-0.4, -0.2) is 60.4 Å². The molecule has 0 unspecified atom stereocenters. The average Bonchev–Trinajstić information content (AvgIpc) is 2.46. The minimum Gasteiger partial charge on any atom is -0.478 e. The van der Waals surface area contributed by atoms with Gasteiger partial charge in [0.1, 0.15) is 5.82 Å². The maximum absolute atomic E-state index is 10.8. The van der Waals surface area contributed by atoms with Crippen molar-refractivity contribution in [2.75, 3.05) is 44.7 Å². The first-order chi connectivity index (χ1) is 9.66. The summed E-state index contributed by atoms with van der Waals surface area (Å²) < 4.78 is 5.29. The van der Waals surface area contributed by atoms with Crippen LogP contribution in [0.15, 0.2) is 12.3 Å². The van der Waals surface area contributed by atoms with Gasteiger partial charge in [0.05, 0.1) is 23.8 Å². The molecule has 0 atom stereocenters. The normalized spacial score (nSPS) is 16.1. The number of halogens is 1. The number of carbonyl (C=O) groups is 1. The second kappa shape index (κ2) is 7.42. The number of morpholine rings is 1. The van der Waals surface area contributed by atoms with Crippen molar-refractivity contribution in [1.29, 1.82) is 0 Å². The Labute approximate surface area is 122 Å². The zero-order valence-electron chi connectivity index (χ0n) is 11.1. The predicted molar refractivity (Wildman–Crippen MR) is 76.6 cm³/mol. The zero-order valence-corrected chi connectivity index (χ0v) is 11.9. The van der Waals surface area contributed by atoms with Crippen LogP contribution in [0.2, 0.25) is 5.02 Å². The molecular weight excluding hydrogens is 282 g/mol. The summed E-state index contributed by atoms with van der Waals surface area (Å²) in [6, 6.07) is 1.40. The first-order valence-electron chi connectivity index (χ1n) is 6.59. The molecule has 1 saturated heterocycles. The molecule has 1 aromatic heterocycles. The van der Waals surface area contributed by atoms with Crippen LogP contribution in [0.4, 0.5) is 5.82 Å². The van der Waals surface area contributed by atoms with Gasteiger partial charge in [0.25, 0.3) is 0 Å². The van der Waals surface area contributed by atoms with Gasteiger partial charge in [0.15, 0.2) is 0 Å². The molecule has 0 amide bonds. The molecule has 0 aromatic carbocycles. The van der Waals surface area contributed by atoms with E-state index in [0.29, 0.717) is 10.8 Å². The molecule has 0 saturated carbocycles. The van der Waals surface area contributed by atoms with Gasteiger partial charge < -0.3 is 15.2 Å². The van der Waals surface area contributed by atoms with Gasteiger partial charge in [-0.05, 0) is 19.0 Å². The highest BCUT2D eigenvalue weighted by atomic mass is 35.5. The van der Waals surface area contributed by atoms with Gasteiger partial charge in [0, 0.05) is 25.8 Å². The van der Waals surface area contributed by atoms with Crippen LogP contribution in [0.25, 0.3) is 0 Å².